The number of ether oxygens (including phenoxy) is 1. The van der Waals surface area contributed by atoms with Gasteiger partial charge >= 0.3 is 0 Å². The maximum absolute atomic E-state index is 6.10. The Morgan fingerprint density at radius 1 is 0.913 bits per heavy atom. The number of rotatable bonds is 5. The van der Waals surface area contributed by atoms with E-state index in [1.165, 1.54) is 67.1 Å². The number of nitrogens with zero attached hydrogens (tertiary/aromatic N) is 1. The third kappa shape index (κ3) is 3.49. The Bertz CT molecular complexity index is 630. The molecule has 0 saturated carbocycles. The zero-order valence-electron chi connectivity index (χ0n) is 13.7. The average Bonchev–Trinajstić information content (AvgIpc) is 2.60. The molecular weight excluding hydrogens is 306 g/mol. The zero-order chi connectivity index (χ0) is 14.8. The van der Waals surface area contributed by atoms with Gasteiger partial charge in [0.15, 0.2) is 0 Å². The summed E-state index contributed by atoms with van der Waals surface area (Å²) in [4.78, 5) is 0. The van der Waals surface area contributed by atoms with Crippen LogP contribution in [0.25, 0.3) is 10.8 Å². The first-order valence-corrected chi connectivity index (χ1v) is 8.80. The van der Waals surface area contributed by atoms with Gasteiger partial charge < -0.3 is 21.6 Å². The molecule has 0 N–H and O–H groups in total. The van der Waals surface area contributed by atoms with Gasteiger partial charge in [-0.3, -0.25) is 0 Å². The second-order valence-corrected chi connectivity index (χ2v) is 7.15. The molecule has 3 fully saturated rings. The van der Waals surface area contributed by atoms with Gasteiger partial charge in [-0.25, -0.2) is 0 Å². The maximum atomic E-state index is 6.10. The summed E-state index contributed by atoms with van der Waals surface area (Å²) in [5, 5.41) is 2.50. The highest BCUT2D eigenvalue weighted by Gasteiger charge is 2.38. The molecule has 0 spiro atoms. The first-order valence-electron chi connectivity index (χ1n) is 8.80. The zero-order valence-corrected chi connectivity index (χ0v) is 14.5. The van der Waals surface area contributed by atoms with Gasteiger partial charge in [-0.05, 0) is 36.6 Å². The molecule has 0 amide bonds. The Morgan fingerprint density at radius 3 is 2.39 bits per heavy atom. The average molecular weight is 332 g/mol. The van der Waals surface area contributed by atoms with E-state index in [0.29, 0.717) is 0 Å². The summed E-state index contributed by atoms with van der Waals surface area (Å²) in [6, 6.07) is 14.8. The minimum absolute atomic E-state index is 0. The molecule has 5 rings (SSSR count). The lowest BCUT2D eigenvalue weighted by molar-refractivity contribution is -0.942. The van der Waals surface area contributed by atoms with Crippen molar-refractivity contribution in [3.8, 4) is 5.75 Å². The van der Waals surface area contributed by atoms with Gasteiger partial charge in [0, 0.05) is 11.8 Å². The van der Waals surface area contributed by atoms with Crippen LogP contribution in [0.2, 0.25) is 0 Å². The molecule has 0 atom stereocenters. The smallest absolute Gasteiger partial charge is 0.127 e. The van der Waals surface area contributed by atoms with Crippen molar-refractivity contribution in [2.75, 3.05) is 32.8 Å². The van der Waals surface area contributed by atoms with E-state index in [-0.39, 0.29) is 12.4 Å². The van der Waals surface area contributed by atoms with Crippen LogP contribution in [-0.4, -0.2) is 37.3 Å². The van der Waals surface area contributed by atoms with Crippen LogP contribution in [-0.2, 0) is 0 Å². The summed E-state index contributed by atoms with van der Waals surface area (Å²) in [6.07, 6.45) is 5.56. The lowest BCUT2D eigenvalue weighted by Gasteiger charge is -2.49. The monoisotopic (exact) mass is 331 g/mol. The van der Waals surface area contributed by atoms with Gasteiger partial charge in [0.25, 0.3) is 0 Å². The maximum Gasteiger partial charge on any atom is 0.127 e. The van der Waals surface area contributed by atoms with Gasteiger partial charge in [-0.1, -0.05) is 36.4 Å². The van der Waals surface area contributed by atoms with Gasteiger partial charge in [0.05, 0.1) is 32.8 Å². The molecule has 0 aliphatic carbocycles. The van der Waals surface area contributed by atoms with Crippen molar-refractivity contribution in [1.82, 2.24) is 0 Å². The Morgan fingerprint density at radius 2 is 1.61 bits per heavy atom. The summed E-state index contributed by atoms with van der Waals surface area (Å²) in [5.74, 6) is 2.09. The number of fused-ring (bicyclic) bond motifs is 4. The van der Waals surface area contributed by atoms with Crippen molar-refractivity contribution < 1.29 is 21.6 Å². The van der Waals surface area contributed by atoms with Gasteiger partial charge in [-0.15, -0.1) is 0 Å². The molecule has 2 bridgehead atoms. The Hall–Kier alpha value is -1.25. The number of hydrogen-bond acceptors (Lipinski definition) is 1. The van der Waals surface area contributed by atoms with Crippen LogP contribution in [0.15, 0.2) is 42.5 Å². The molecule has 0 aromatic heterocycles. The third-order valence-corrected chi connectivity index (χ3v) is 5.82. The molecule has 23 heavy (non-hydrogen) atoms. The molecule has 3 heteroatoms. The lowest BCUT2D eigenvalue weighted by Crippen LogP contribution is -3.00. The van der Waals surface area contributed by atoms with E-state index < -0.39 is 0 Å². The summed E-state index contributed by atoms with van der Waals surface area (Å²) >= 11 is 0. The number of hydrogen-bond donors (Lipinski definition) is 0. The molecule has 3 aliphatic rings. The van der Waals surface area contributed by atoms with E-state index >= 15 is 0 Å². The highest BCUT2D eigenvalue weighted by molar-refractivity contribution is 5.88. The standard InChI is InChI=1S/C20H26NO.ClH/c1-2-7-19-18(5-1)6-3-8-20(19)22-16-4-12-21-13-9-17(10-14-21)11-15-21;/h1-3,5-8,17H,4,9-16H2;1H/q+1;/p-1. The van der Waals surface area contributed by atoms with Crippen LogP contribution in [0.1, 0.15) is 25.7 Å². The fourth-order valence-electron chi connectivity index (χ4n) is 4.38. The second kappa shape index (κ2) is 7.11. The van der Waals surface area contributed by atoms with Crippen molar-refractivity contribution in [1.29, 1.82) is 0 Å². The van der Waals surface area contributed by atoms with Crippen LogP contribution in [0.3, 0.4) is 0 Å². The number of halogens is 1. The van der Waals surface area contributed by atoms with E-state index in [0.717, 1.165) is 18.3 Å². The second-order valence-electron chi connectivity index (χ2n) is 7.15. The van der Waals surface area contributed by atoms with Crippen molar-refractivity contribution >= 4 is 10.8 Å². The van der Waals surface area contributed by atoms with Crippen LogP contribution in [0.5, 0.6) is 5.75 Å². The van der Waals surface area contributed by atoms with Crippen LogP contribution in [0, 0.1) is 5.92 Å². The number of benzene rings is 2. The first-order chi connectivity index (χ1) is 10.8. The predicted molar refractivity (Wildman–Crippen MR) is 91.1 cm³/mol. The molecule has 2 aromatic carbocycles. The van der Waals surface area contributed by atoms with Crippen LogP contribution in [0.4, 0.5) is 0 Å². The number of piperidine rings is 3. The topological polar surface area (TPSA) is 9.23 Å². The van der Waals surface area contributed by atoms with Crippen LogP contribution < -0.4 is 17.1 Å². The summed E-state index contributed by atoms with van der Waals surface area (Å²) in [7, 11) is 0. The Labute approximate surface area is 145 Å². The summed E-state index contributed by atoms with van der Waals surface area (Å²) in [5.41, 5.74) is 0. The molecule has 124 valence electrons. The highest BCUT2D eigenvalue weighted by atomic mass is 35.5. The third-order valence-electron chi connectivity index (χ3n) is 5.82. The van der Waals surface area contributed by atoms with Crippen molar-refractivity contribution in [2.45, 2.75) is 25.7 Å². The largest absolute Gasteiger partial charge is 1.00 e. The predicted octanol–water partition coefficient (Wildman–Crippen LogP) is 1.24. The quantitative estimate of drug-likeness (QED) is 0.592. The SMILES string of the molecule is [Cl-].c1ccc2c(OCCC[N+]34CCC(CC3)CC4)cccc2c1. The first kappa shape index (κ1) is 16.6. The fraction of sp³-hybridized carbons (Fsp3) is 0.500. The van der Waals surface area contributed by atoms with Gasteiger partial charge in [0.2, 0.25) is 0 Å². The van der Waals surface area contributed by atoms with Crippen LogP contribution >= 0.6 is 0 Å². The van der Waals surface area contributed by atoms with E-state index in [1.54, 1.807) is 0 Å². The summed E-state index contributed by atoms with van der Waals surface area (Å²) < 4.78 is 7.47. The Balaban J connectivity index is 0.00000156. The molecule has 0 radical (unpaired) electrons. The normalized spacial score (nSPS) is 26.0. The van der Waals surface area contributed by atoms with Crippen molar-refractivity contribution in [3.63, 3.8) is 0 Å². The van der Waals surface area contributed by atoms with E-state index in [9.17, 15) is 0 Å². The fourth-order valence-corrected chi connectivity index (χ4v) is 4.38. The van der Waals surface area contributed by atoms with E-state index in [4.69, 9.17) is 4.74 Å². The molecule has 0 unspecified atom stereocenters. The van der Waals surface area contributed by atoms with E-state index in [1.807, 2.05) is 0 Å². The van der Waals surface area contributed by atoms with Crippen molar-refractivity contribution in [2.24, 2.45) is 5.92 Å². The molecule has 3 heterocycles. The molecular formula is C20H26ClNO. The van der Waals surface area contributed by atoms with Gasteiger partial charge in [-0.2, -0.15) is 0 Å². The highest BCUT2D eigenvalue weighted by Crippen LogP contribution is 2.33. The Kier molecular flexibility index (Phi) is 5.13. The lowest BCUT2D eigenvalue weighted by atomic mass is 9.85. The summed E-state index contributed by atoms with van der Waals surface area (Å²) in [6.45, 7) is 6.39. The minimum Gasteiger partial charge on any atom is -1.00 e. The molecule has 3 aliphatic heterocycles. The van der Waals surface area contributed by atoms with Gasteiger partial charge in [0.1, 0.15) is 5.75 Å². The molecule has 2 nitrogen and oxygen atoms in total. The number of quaternary nitrogens is 1. The van der Waals surface area contributed by atoms with Crippen molar-refractivity contribution in [3.05, 3.63) is 42.5 Å². The molecule has 3 saturated heterocycles. The minimum atomic E-state index is 0. The van der Waals surface area contributed by atoms with E-state index in [2.05, 4.69) is 42.5 Å². The molecule has 2 aromatic rings.